The van der Waals surface area contributed by atoms with Crippen LogP contribution < -0.4 is 0 Å². The number of carbonyl (C=O) groups is 1. The highest BCUT2D eigenvalue weighted by Gasteiger charge is 2.18. The van der Waals surface area contributed by atoms with E-state index in [1.807, 2.05) is 19.6 Å². The summed E-state index contributed by atoms with van der Waals surface area (Å²) < 4.78 is 0.500. The van der Waals surface area contributed by atoms with Gasteiger partial charge in [-0.15, -0.1) is 0 Å². The van der Waals surface area contributed by atoms with E-state index in [1.165, 1.54) is 0 Å². The summed E-state index contributed by atoms with van der Waals surface area (Å²) in [4.78, 5) is 10.1. The third-order valence-corrected chi connectivity index (χ3v) is 4.35. The van der Waals surface area contributed by atoms with Crippen LogP contribution >= 0.6 is 11.6 Å². The van der Waals surface area contributed by atoms with Crippen LogP contribution in [0.15, 0.2) is 10.7 Å². The van der Waals surface area contributed by atoms with Gasteiger partial charge in [0.05, 0.1) is 8.07 Å². The minimum Gasteiger partial charge on any atom is -0.478 e. The molecular formula is C6H11ClO2Si. The van der Waals surface area contributed by atoms with Crippen LogP contribution in [-0.2, 0) is 4.79 Å². The minimum atomic E-state index is -1.58. The summed E-state index contributed by atoms with van der Waals surface area (Å²) in [5, 5.41) is 8.31. The molecule has 0 aliphatic heterocycles. The molecule has 58 valence electrons. The Bertz CT molecular complexity index is 169. The third kappa shape index (κ3) is 3.69. The fourth-order valence-corrected chi connectivity index (χ4v) is 0.975. The molecule has 0 saturated carbocycles. The summed E-state index contributed by atoms with van der Waals surface area (Å²) in [5.41, 5.74) is 0. The van der Waals surface area contributed by atoms with Gasteiger partial charge < -0.3 is 5.11 Å². The molecule has 0 aliphatic rings. The quantitative estimate of drug-likeness (QED) is 0.519. The van der Waals surface area contributed by atoms with Crippen LogP contribution in [0, 0.1) is 0 Å². The number of carboxylic acid groups (broad SMARTS) is 1. The summed E-state index contributed by atoms with van der Waals surface area (Å²) in [7, 11) is -1.58. The Morgan fingerprint density at radius 3 is 2.00 bits per heavy atom. The SMILES string of the molecule is C[Si](C)(C)C(Cl)=CC(=O)O. The Labute approximate surface area is 66.5 Å². The van der Waals surface area contributed by atoms with Crippen molar-refractivity contribution in [2.24, 2.45) is 0 Å². The maximum atomic E-state index is 10.1. The second-order valence-corrected chi connectivity index (χ2v) is 8.84. The number of carboxylic acids is 1. The summed E-state index contributed by atoms with van der Waals surface area (Å²) >= 11 is 5.69. The molecular weight excluding hydrogens is 168 g/mol. The standard InChI is InChI=1S/C6H11ClO2Si/c1-10(2,3)5(7)4-6(8)9/h4H,1-3H3,(H,8,9). The van der Waals surface area contributed by atoms with Gasteiger partial charge in [0.2, 0.25) is 0 Å². The van der Waals surface area contributed by atoms with Crippen LogP contribution in [0.25, 0.3) is 0 Å². The van der Waals surface area contributed by atoms with Crippen molar-refractivity contribution in [3.8, 4) is 0 Å². The van der Waals surface area contributed by atoms with Gasteiger partial charge in [-0.05, 0) is 0 Å². The van der Waals surface area contributed by atoms with E-state index in [9.17, 15) is 4.79 Å². The van der Waals surface area contributed by atoms with Gasteiger partial charge in [0.15, 0.2) is 0 Å². The van der Waals surface area contributed by atoms with Crippen LogP contribution in [0.4, 0.5) is 0 Å². The number of hydrogen-bond donors (Lipinski definition) is 1. The van der Waals surface area contributed by atoms with Crippen LogP contribution in [0.3, 0.4) is 0 Å². The molecule has 0 spiro atoms. The Morgan fingerprint density at radius 1 is 1.50 bits per heavy atom. The molecule has 0 radical (unpaired) electrons. The molecule has 0 rings (SSSR count). The van der Waals surface area contributed by atoms with Gasteiger partial charge in [-0.2, -0.15) is 0 Å². The van der Waals surface area contributed by atoms with Crippen molar-refractivity contribution in [2.75, 3.05) is 0 Å². The molecule has 0 unspecified atom stereocenters. The molecule has 0 fully saturated rings. The third-order valence-electron chi connectivity index (χ3n) is 0.967. The van der Waals surface area contributed by atoms with Gasteiger partial charge >= 0.3 is 5.97 Å². The van der Waals surface area contributed by atoms with Gasteiger partial charge in [-0.1, -0.05) is 31.2 Å². The Kier molecular flexibility index (Phi) is 3.12. The fraction of sp³-hybridized carbons (Fsp3) is 0.500. The monoisotopic (exact) mass is 178 g/mol. The van der Waals surface area contributed by atoms with Crippen LogP contribution in [0.5, 0.6) is 0 Å². The van der Waals surface area contributed by atoms with E-state index < -0.39 is 14.0 Å². The molecule has 0 heterocycles. The molecule has 0 aromatic heterocycles. The Balaban J connectivity index is 4.35. The largest absolute Gasteiger partial charge is 0.478 e. The summed E-state index contributed by atoms with van der Waals surface area (Å²) in [6.45, 7) is 5.98. The number of aliphatic carboxylic acids is 1. The molecule has 0 saturated heterocycles. The molecule has 0 amide bonds. The first-order chi connectivity index (χ1) is 4.34. The normalized spacial score (nSPS) is 13.4. The van der Waals surface area contributed by atoms with Crippen molar-refractivity contribution in [3.05, 3.63) is 10.7 Å². The topological polar surface area (TPSA) is 37.3 Å². The lowest BCUT2D eigenvalue weighted by Crippen LogP contribution is -2.21. The lowest BCUT2D eigenvalue weighted by molar-refractivity contribution is -0.131. The maximum absolute atomic E-state index is 10.1. The first-order valence-electron chi connectivity index (χ1n) is 2.94. The molecule has 4 heteroatoms. The van der Waals surface area contributed by atoms with E-state index in [2.05, 4.69) is 0 Å². The number of halogens is 1. The summed E-state index contributed by atoms with van der Waals surface area (Å²) in [6.07, 6.45) is 1.08. The van der Waals surface area contributed by atoms with Crippen molar-refractivity contribution < 1.29 is 9.90 Å². The van der Waals surface area contributed by atoms with Crippen molar-refractivity contribution in [1.29, 1.82) is 0 Å². The highest BCUT2D eigenvalue weighted by atomic mass is 35.5. The molecule has 2 nitrogen and oxygen atoms in total. The van der Waals surface area contributed by atoms with E-state index in [1.54, 1.807) is 0 Å². The molecule has 0 aromatic rings. The average molecular weight is 179 g/mol. The second-order valence-electron chi connectivity index (χ2n) is 3.08. The van der Waals surface area contributed by atoms with E-state index in [4.69, 9.17) is 16.7 Å². The minimum absolute atomic E-state index is 0.500. The summed E-state index contributed by atoms with van der Waals surface area (Å²) in [5.74, 6) is -0.965. The van der Waals surface area contributed by atoms with Crippen LogP contribution in [-0.4, -0.2) is 19.1 Å². The lowest BCUT2D eigenvalue weighted by atomic mass is 10.7. The number of rotatable bonds is 2. The molecule has 0 bridgehead atoms. The predicted octanol–water partition coefficient (Wildman–Crippen LogP) is 2.07. The molecule has 0 atom stereocenters. The van der Waals surface area contributed by atoms with Crippen molar-refractivity contribution in [2.45, 2.75) is 19.6 Å². The molecule has 10 heavy (non-hydrogen) atoms. The molecule has 1 N–H and O–H groups in total. The lowest BCUT2D eigenvalue weighted by Gasteiger charge is -2.12. The first kappa shape index (κ1) is 9.72. The van der Waals surface area contributed by atoms with Crippen molar-refractivity contribution in [1.82, 2.24) is 0 Å². The maximum Gasteiger partial charge on any atom is 0.329 e. The van der Waals surface area contributed by atoms with Gasteiger partial charge in [0.1, 0.15) is 0 Å². The Morgan fingerprint density at radius 2 is 1.90 bits per heavy atom. The van der Waals surface area contributed by atoms with E-state index >= 15 is 0 Å². The van der Waals surface area contributed by atoms with Gasteiger partial charge in [-0.3, -0.25) is 0 Å². The zero-order valence-electron chi connectivity index (χ0n) is 6.31. The average Bonchev–Trinajstić information content (AvgIpc) is 1.60. The van der Waals surface area contributed by atoms with Gasteiger partial charge in [0.25, 0.3) is 0 Å². The first-order valence-corrected chi connectivity index (χ1v) is 6.82. The summed E-state index contributed by atoms with van der Waals surface area (Å²) in [6, 6.07) is 0. The second kappa shape index (κ2) is 3.21. The van der Waals surface area contributed by atoms with Gasteiger partial charge in [-0.25, -0.2) is 4.79 Å². The van der Waals surface area contributed by atoms with Crippen LogP contribution in [0.1, 0.15) is 0 Å². The zero-order chi connectivity index (χ0) is 8.36. The smallest absolute Gasteiger partial charge is 0.329 e. The van der Waals surface area contributed by atoms with Crippen molar-refractivity contribution in [3.63, 3.8) is 0 Å². The molecule has 0 aliphatic carbocycles. The van der Waals surface area contributed by atoms with E-state index in [0.29, 0.717) is 4.66 Å². The zero-order valence-corrected chi connectivity index (χ0v) is 8.07. The van der Waals surface area contributed by atoms with Crippen LogP contribution in [0.2, 0.25) is 19.6 Å². The predicted molar refractivity (Wildman–Crippen MR) is 44.9 cm³/mol. The molecule has 0 aromatic carbocycles. The van der Waals surface area contributed by atoms with Gasteiger partial charge in [0, 0.05) is 10.7 Å². The highest BCUT2D eigenvalue weighted by Crippen LogP contribution is 2.17. The highest BCUT2D eigenvalue weighted by molar-refractivity contribution is 6.91. The van der Waals surface area contributed by atoms with E-state index in [0.717, 1.165) is 6.08 Å². The fourth-order valence-electron chi connectivity index (χ4n) is 0.325. The Hall–Kier alpha value is -0.283. The number of hydrogen-bond acceptors (Lipinski definition) is 1. The van der Waals surface area contributed by atoms with E-state index in [-0.39, 0.29) is 0 Å². The van der Waals surface area contributed by atoms with Crippen molar-refractivity contribution >= 4 is 25.6 Å².